The second kappa shape index (κ2) is 9.48. The van der Waals surface area contributed by atoms with E-state index in [2.05, 4.69) is 10.3 Å². The maximum absolute atomic E-state index is 11.4. The average molecular weight is 427 g/mol. The van der Waals surface area contributed by atoms with Crippen LogP contribution in [-0.4, -0.2) is 26.3 Å². The Kier molecular flexibility index (Phi) is 6.78. The molecule has 1 aromatic heterocycles. The lowest BCUT2D eigenvalue weighted by Crippen LogP contribution is -2.12. The van der Waals surface area contributed by atoms with Gasteiger partial charge in [-0.2, -0.15) is 0 Å². The van der Waals surface area contributed by atoms with E-state index in [1.807, 2.05) is 42.5 Å². The molecule has 0 fully saturated rings. The number of rotatable bonds is 8. The monoisotopic (exact) mass is 426 g/mol. The fourth-order valence-electron chi connectivity index (χ4n) is 2.55. The molecule has 0 saturated carbocycles. The zero-order valence-corrected chi connectivity index (χ0v) is 16.8. The molecule has 0 amide bonds. The summed E-state index contributed by atoms with van der Waals surface area (Å²) in [5.41, 5.74) is 2.66. The molecule has 5 N–H and O–H groups in total. The number of aromatic carboxylic acids is 1. The summed E-state index contributed by atoms with van der Waals surface area (Å²) in [5.74, 6) is -1.09. The van der Waals surface area contributed by atoms with Gasteiger partial charge in [-0.3, -0.25) is 5.41 Å². The fraction of sp³-hybridized carbons (Fsp3) is 0.0500. The van der Waals surface area contributed by atoms with Crippen LogP contribution in [0.2, 0.25) is 0 Å². The summed E-state index contributed by atoms with van der Waals surface area (Å²) in [6.07, 6.45) is 2.10. The van der Waals surface area contributed by atoms with E-state index in [9.17, 15) is 9.35 Å². The zero-order chi connectivity index (χ0) is 20.8. The van der Waals surface area contributed by atoms with Gasteiger partial charge in [0.1, 0.15) is 0 Å². The van der Waals surface area contributed by atoms with Crippen molar-refractivity contribution in [1.82, 2.24) is 4.98 Å². The summed E-state index contributed by atoms with van der Waals surface area (Å²) in [6, 6.07) is 16.3. The van der Waals surface area contributed by atoms with Gasteiger partial charge >= 0.3 is 5.97 Å². The van der Waals surface area contributed by atoms with Crippen LogP contribution in [-0.2, 0) is 17.8 Å². The van der Waals surface area contributed by atoms with Crippen molar-refractivity contribution in [3.8, 4) is 0 Å². The molecule has 0 aliphatic rings. The molecule has 1 unspecified atom stereocenters. The predicted octanol–water partition coefficient (Wildman–Crippen LogP) is 3.43. The molecular weight excluding hydrogens is 408 g/mol. The van der Waals surface area contributed by atoms with E-state index in [0.29, 0.717) is 27.7 Å². The number of nitrogens with one attached hydrogen (secondary N) is 2. The van der Waals surface area contributed by atoms with E-state index in [1.165, 1.54) is 16.7 Å². The largest absolute Gasteiger partial charge is 0.593 e. The number of benzene rings is 2. The van der Waals surface area contributed by atoms with Gasteiger partial charge in [-0.05, 0) is 28.8 Å². The zero-order valence-electron chi connectivity index (χ0n) is 15.2. The SMILES string of the molecule is N=C(/C(=C\Nc1nc(C(=O)O)cs1)Cc1ccc([S+](N)[O-])cc1)c1ccccc1. The van der Waals surface area contributed by atoms with Gasteiger partial charge in [-0.1, -0.05) is 42.5 Å². The van der Waals surface area contributed by atoms with Crippen molar-refractivity contribution in [2.45, 2.75) is 11.3 Å². The molecule has 9 heteroatoms. The average Bonchev–Trinajstić information content (AvgIpc) is 3.21. The third-order valence-electron chi connectivity index (χ3n) is 4.03. The Morgan fingerprint density at radius 1 is 1.24 bits per heavy atom. The van der Waals surface area contributed by atoms with Crippen molar-refractivity contribution in [3.63, 3.8) is 0 Å². The minimum Gasteiger partial charge on any atom is -0.593 e. The fourth-order valence-corrected chi connectivity index (χ4v) is 3.61. The lowest BCUT2D eigenvalue weighted by atomic mass is 9.97. The molecule has 0 saturated heterocycles. The summed E-state index contributed by atoms with van der Waals surface area (Å²) in [6.45, 7) is 0. The van der Waals surface area contributed by atoms with E-state index < -0.39 is 17.3 Å². The number of carbonyl (C=O) groups is 1. The van der Waals surface area contributed by atoms with Gasteiger partial charge < -0.3 is 15.0 Å². The van der Waals surface area contributed by atoms with Gasteiger partial charge in [0.2, 0.25) is 0 Å². The molecule has 3 rings (SSSR count). The van der Waals surface area contributed by atoms with Crippen LogP contribution in [0.3, 0.4) is 0 Å². The van der Waals surface area contributed by atoms with Crippen LogP contribution in [0.1, 0.15) is 21.6 Å². The second-order valence-corrected chi connectivity index (χ2v) is 7.94. The standard InChI is InChI=1S/C20H18N4O3S2/c21-18(14-4-2-1-3-5-14)15(10-13-6-8-16(9-7-13)29(22)27)11-23-20-24-17(12-28-20)19(25)26/h1-9,11-12,21H,10,22H2,(H,23,24)(H,25,26)/b15-11-,21-18?. The van der Waals surface area contributed by atoms with Crippen molar-refractivity contribution in [3.05, 3.63) is 88.6 Å². The van der Waals surface area contributed by atoms with Crippen LogP contribution in [0, 0.1) is 5.41 Å². The van der Waals surface area contributed by atoms with Crippen molar-refractivity contribution in [1.29, 1.82) is 5.41 Å². The summed E-state index contributed by atoms with van der Waals surface area (Å²) in [7, 11) is 0. The summed E-state index contributed by atoms with van der Waals surface area (Å²) >= 11 is -0.369. The summed E-state index contributed by atoms with van der Waals surface area (Å²) in [5, 5.41) is 27.9. The number of hydrogen-bond donors (Lipinski definition) is 4. The first-order chi connectivity index (χ1) is 13.9. The Hall–Kier alpha value is -2.98. The van der Waals surface area contributed by atoms with E-state index in [-0.39, 0.29) is 5.69 Å². The highest BCUT2D eigenvalue weighted by Crippen LogP contribution is 2.19. The van der Waals surface area contributed by atoms with Gasteiger partial charge in [0.05, 0.1) is 17.1 Å². The smallest absolute Gasteiger partial charge is 0.355 e. The second-order valence-electron chi connectivity index (χ2n) is 6.02. The number of allylic oxidation sites excluding steroid dienone is 1. The Labute approximate surface area is 174 Å². The number of thiazole rings is 1. The molecule has 148 valence electrons. The molecule has 3 aromatic rings. The highest BCUT2D eigenvalue weighted by Gasteiger charge is 2.12. The van der Waals surface area contributed by atoms with Gasteiger partial charge in [-0.25, -0.2) is 9.78 Å². The van der Waals surface area contributed by atoms with Crippen molar-refractivity contribution in [2.75, 3.05) is 5.32 Å². The molecule has 29 heavy (non-hydrogen) atoms. The van der Waals surface area contributed by atoms with Crippen LogP contribution in [0.15, 0.2) is 76.6 Å². The van der Waals surface area contributed by atoms with Crippen molar-refractivity contribution < 1.29 is 14.5 Å². The molecule has 0 aliphatic heterocycles. The Balaban J connectivity index is 1.86. The highest BCUT2D eigenvalue weighted by molar-refractivity contribution is 7.89. The normalized spacial score (nSPS) is 12.4. The first-order valence-corrected chi connectivity index (χ1v) is 10.6. The quantitative estimate of drug-likeness (QED) is 0.322. The number of carboxylic acids is 1. The Morgan fingerprint density at radius 3 is 2.52 bits per heavy atom. The van der Waals surface area contributed by atoms with E-state index >= 15 is 0 Å². The van der Waals surface area contributed by atoms with Crippen LogP contribution >= 0.6 is 11.3 Å². The molecule has 0 radical (unpaired) electrons. The van der Waals surface area contributed by atoms with Crippen molar-refractivity contribution >= 4 is 39.5 Å². The number of aromatic nitrogens is 1. The Bertz CT molecular complexity index is 1030. The summed E-state index contributed by atoms with van der Waals surface area (Å²) < 4.78 is 11.4. The number of carboxylic acid groups (broad SMARTS) is 1. The number of anilines is 1. The van der Waals surface area contributed by atoms with E-state index in [4.69, 9.17) is 15.7 Å². The number of nitrogens with zero attached hydrogens (tertiary/aromatic N) is 1. The molecule has 0 spiro atoms. The summed E-state index contributed by atoms with van der Waals surface area (Å²) in [4.78, 5) is 15.5. The molecular formula is C20H18N4O3S2. The molecule has 2 aromatic carbocycles. The van der Waals surface area contributed by atoms with Crippen molar-refractivity contribution in [2.24, 2.45) is 5.14 Å². The third kappa shape index (κ3) is 5.52. The minimum atomic E-state index is -1.54. The molecule has 1 heterocycles. The van der Waals surface area contributed by atoms with Crippen LogP contribution in [0.4, 0.5) is 5.13 Å². The molecule has 0 bridgehead atoms. The number of hydrogen-bond acceptors (Lipinski definition) is 7. The van der Waals surface area contributed by atoms with Crippen LogP contribution < -0.4 is 10.5 Å². The molecule has 1 atom stereocenters. The molecule has 0 aliphatic carbocycles. The van der Waals surface area contributed by atoms with E-state index in [1.54, 1.807) is 18.3 Å². The maximum atomic E-state index is 11.4. The predicted molar refractivity (Wildman–Crippen MR) is 115 cm³/mol. The van der Waals surface area contributed by atoms with Crippen LogP contribution in [0.5, 0.6) is 0 Å². The third-order valence-corrected chi connectivity index (χ3v) is 5.54. The van der Waals surface area contributed by atoms with Gasteiger partial charge in [0, 0.05) is 18.0 Å². The minimum absolute atomic E-state index is 0.0315. The highest BCUT2D eigenvalue weighted by atomic mass is 32.2. The van der Waals surface area contributed by atoms with Gasteiger partial charge in [0.25, 0.3) is 0 Å². The lowest BCUT2D eigenvalue weighted by molar-refractivity contribution is 0.0691. The maximum Gasteiger partial charge on any atom is 0.355 e. The van der Waals surface area contributed by atoms with Crippen LogP contribution in [0.25, 0.3) is 0 Å². The first kappa shape index (κ1) is 20.7. The number of nitrogens with two attached hydrogens (primary N) is 1. The lowest BCUT2D eigenvalue weighted by Gasteiger charge is -2.11. The van der Waals surface area contributed by atoms with E-state index in [0.717, 1.165) is 11.1 Å². The Morgan fingerprint density at radius 2 is 1.93 bits per heavy atom. The van der Waals surface area contributed by atoms with Gasteiger partial charge in [0.15, 0.2) is 15.7 Å². The topological polar surface area (TPSA) is 135 Å². The van der Waals surface area contributed by atoms with Gasteiger partial charge in [-0.15, -0.1) is 16.5 Å². The first-order valence-electron chi connectivity index (χ1n) is 8.48. The molecule has 7 nitrogen and oxygen atoms in total.